The van der Waals surface area contributed by atoms with Gasteiger partial charge in [-0.05, 0) is 25.8 Å². The fourth-order valence-electron chi connectivity index (χ4n) is 1.51. The molecular formula is C11H16FN. The average molecular weight is 181 g/mol. The highest BCUT2D eigenvalue weighted by atomic mass is 19.1. The molecular weight excluding hydrogens is 165 g/mol. The van der Waals surface area contributed by atoms with Crippen molar-refractivity contribution in [2.24, 2.45) is 5.73 Å². The smallest absolute Gasteiger partial charge is 0.0912 e. The van der Waals surface area contributed by atoms with Gasteiger partial charge in [-0.1, -0.05) is 29.3 Å². The lowest BCUT2D eigenvalue weighted by Gasteiger charge is -2.11. The number of alkyl halides is 1. The minimum Gasteiger partial charge on any atom is -0.324 e. The van der Waals surface area contributed by atoms with Crippen LogP contribution >= 0.6 is 0 Å². The van der Waals surface area contributed by atoms with Crippen molar-refractivity contribution in [3.05, 3.63) is 34.9 Å². The maximum absolute atomic E-state index is 12.1. The summed E-state index contributed by atoms with van der Waals surface area (Å²) in [5, 5.41) is 0. The normalized spacial score (nSPS) is 12.9. The van der Waals surface area contributed by atoms with E-state index in [1.807, 2.05) is 26.0 Å². The monoisotopic (exact) mass is 181 g/mol. The second-order valence-electron chi connectivity index (χ2n) is 3.51. The molecule has 0 radical (unpaired) electrons. The van der Waals surface area contributed by atoms with Crippen LogP contribution in [0.3, 0.4) is 0 Å². The zero-order valence-corrected chi connectivity index (χ0v) is 8.18. The number of rotatable bonds is 3. The minimum absolute atomic E-state index is 0.163. The lowest BCUT2D eigenvalue weighted by atomic mass is 10.0. The van der Waals surface area contributed by atoms with E-state index in [-0.39, 0.29) is 12.7 Å². The van der Waals surface area contributed by atoms with Crippen molar-refractivity contribution >= 4 is 0 Å². The number of benzene rings is 1. The van der Waals surface area contributed by atoms with Crippen LogP contribution in [0.5, 0.6) is 0 Å². The van der Waals surface area contributed by atoms with Gasteiger partial charge in [0.05, 0.1) is 6.67 Å². The van der Waals surface area contributed by atoms with Crippen molar-refractivity contribution < 1.29 is 4.39 Å². The van der Waals surface area contributed by atoms with E-state index in [2.05, 4.69) is 6.07 Å². The molecule has 0 aliphatic rings. The SMILES string of the molecule is Cc1cc(C)cc([C@@H](N)CCF)c1. The van der Waals surface area contributed by atoms with Crippen molar-refractivity contribution in [2.75, 3.05) is 6.67 Å². The van der Waals surface area contributed by atoms with E-state index in [1.165, 1.54) is 11.1 Å². The van der Waals surface area contributed by atoms with Crippen molar-refractivity contribution in [3.8, 4) is 0 Å². The van der Waals surface area contributed by atoms with E-state index in [1.54, 1.807) is 0 Å². The Morgan fingerprint density at radius 2 is 1.77 bits per heavy atom. The van der Waals surface area contributed by atoms with Gasteiger partial charge >= 0.3 is 0 Å². The van der Waals surface area contributed by atoms with Gasteiger partial charge in [-0.25, -0.2) is 0 Å². The second-order valence-corrected chi connectivity index (χ2v) is 3.51. The van der Waals surface area contributed by atoms with Crippen molar-refractivity contribution in [2.45, 2.75) is 26.3 Å². The Morgan fingerprint density at radius 3 is 2.23 bits per heavy atom. The van der Waals surface area contributed by atoms with Crippen LogP contribution in [-0.2, 0) is 0 Å². The summed E-state index contributed by atoms with van der Waals surface area (Å²) < 4.78 is 12.1. The maximum atomic E-state index is 12.1. The molecule has 0 unspecified atom stereocenters. The molecule has 13 heavy (non-hydrogen) atoms. The summed E-state index contributed by atoms with van der Waals surface area (Å²) in [6.45, 7) is 3.70. The Morgan fingerprint density at radius 1 is 1.23 bits per heavy atom. The molecule has 1 nitrogen and oxygen atoms in total. The van der Waals surface area contributed by atoms with Gasteiger partial charge in [-0.3, -0.25) is 4.39 Å². The highest BCUT2D eigenvalue weighted by Gasteiger charge is 2.05. The van der Waals surface area contributed by atoms with Crippen LogP contribution in [0.4, 0.5) is 4.39 Å². The Hall–Kier alpha value is -0.890. The zero-order chi connectivity index (χ0) is 9.84. The summed E-state index contributed by atoms with van der Waals surface area (Å²) in [4.78, 5) is 0. The van der Waals surface area contributed by atoms with Crippen LogP contribution in [0.2, 0.25) is 0 Å². The zero-order valence-electron chi connectivity index (χ0n) is 8.18. The third-order valence-electron chi connectivity index (χ3n) is 2.09. The molecule has 0 amide bonds. The highest BCUT2D eigenvalue weighted by molar-refractivity contribution is 5.30. The molecule has 1 rings (SSSR count). The Bertz CT molecular complexity index is 263. The fraction of sp³-hybridized carbons (Fsp3) is 0.455. The Kier molecular flexibility index (Phi) is 3.43. The van der Waals surface area contributed by atoms with Crippen LogP contribution in [-0.4, -0.2) is 6.67 Å². The van der Waals surface area contributed by atoms with Gasteiger partial charge in [0.25, 0.3) is 0 Å². The molecule has 0 saturated carbocycles. The third-order valence-corrected chi connectivity index (χ3v) is 2.09. The van der Waals surface area contributed by atoms with E-state index in [0.717, 1.165) is 5.56 Å². The maximum Gasteiger partial charge on any atom is 0.0912 e. The van der Waals surface area contributed by atoms with Crippen LogP contribution < -0.4 is 5.73 Å². The molecule has 0 saturated heterocycles. The van der Waals surface area contributed by atoms with Gasteiger partial charge in [0.15, 0.2) is 0 Å². The molecule has 0 aromatic heterocycles. The van der Waals surface area contributed by atoms with Crippen LogP contribution in [0.15, 0.2) is 18.2 Å². The van der Waals surface area contributed by atoms with Gasteiger partial charge in [0.1, 0.15) is 0 Å². The molecule has 0 aliphatic heterocycles. The van der Waals surface area contributed by atoms with Gasteiger partial charge in [0, 0.05) is 6.04 Å². The quantitative estimate of drug-likeness (QED) is 0.762. The summed E-state index contributed by atoms with van der Waals surface area (Å²) in [6, 6.07) is 5.97. The number of hydrogen-bond acceptors (Lipinski definition) is 1. The lowest BCUT2D eigenvalue weighted by Crippen LogP contribution is -2.11. The van der Waals surface area contributed by atoms with Gasteiger partial charge < -0.3 is 5.73 Å². The van der Waals surface area contributed by atoms with E-state index in [0.29, 0.717) is 6.42 Å². The fourth-order valence-corrected chi connectivity index (χ4v) is 1.51. The van der Waals surface area contributed by atoms with Gasteiger partial charge in [-0.2, -0.15) is 0 Å². The number of halogens is 1. The molecule has 0 heterocycles. The van der Waals surface area contributed by atoms with Gasteiger partial charge in [-0.15, -0.1) is 0 Å². The average Bonchev–Trinajstić information content (AvgIpc) is 2.03. The molecule has 1 aromatic rings. The molecule has 0 bridgehead atoms. The molecule has 2 heteroatoms. The molecule has 72 valence electrons. The summed E-state index contributed by atoms with van der Waals surface area (Å²) >= 11 is 0. The molecule has 2 N–H and O–H groups in total. The van der Waals surface area contributed by atoms with Crippen molar-refractivity contribution in [1.29, 1.82) is 0 Å². The van der Waals surface area contributed by atoms with Crippen LogP contribution in [0.25, 0.3) is 0 Å². The van der Waals surface area contributed by atoms with E-state index in [4.69, 9.17) is 5.73 Å². The highest BCUT2D eigenvalue weighted by Crippen LogP contribution is 2.17. The van der Waals surface area contributed by atoms with E-state index in [9.17, 15) is 4.39 Å². The first-order chi connectivity index (χ1) is 6.13. The van der Waals surface area contributed by atoms with Crippen molar-refractivity contribution in [3.63, 3.8) is 0 Å². The Labute approximate surface area is 78.8 Å². The minimum atomic E-state index is -0.353. The molecule has 1 aromatic carbocycles. The second kappa shape index (κ2) is 4.38. The van der Waals surface area contributed by atoms with E-state index < -0.39 is 0 Å². The molecule has 0 fully saturated rings. The van der Waals surface area contributed by atoms with E-state index >= 15 is 0 Å². The third kappa shape index (κ3) is 2.81. The molecule has 0 spiro atoms. The lowest BCUT2D eigenvalue weighted by molar-refractivity contribution is 0.442. The predicted octanol–water partition coefficient (Wildman–Crippen LogP) is 2.66. The van der Waals surface area contributed by atoms with Crippen LogP contribution in [0, 0.1) is 13.8 Å². The number of aryl methyl sites for hydroxylation is 2. The van der Waals surface area contributed by atoms with Gasteiger partial charge in [0.2, 0.25) is 0 Å². The molecule has 1 atom stereocenters. The summed E-state index contributed by atoms with van der Waals surface area (Å²) in [5.74, 6) is 0. The first-order valence-corrected chi connectivity index (χ1v) is 4.53. The Balaban J connectivity index is 2.87. The first-order valence-electron chi connectivity index (χ1n) is 4.53. The topological polar surface area (TPSA) is 26.0 Å². The number of hydrogen-bond donors (Lipinski definition) is 1. The summed E-state index contributed by atoms with van der Waals surface area (Å²) in [5.41, 5.74) is 9.21. The summed E-state index contributed by atoms with van der Waals surface area (Å²) in [7, 11) is 0. The molecule has 0 aliphatic carbocycles. The van der Waals surface area contributed by atoms with Crippen molar-refractivity contribution in [1.82, 2.24) is 0 Å². The predicted molar refractivity (Wildman–Crippen MR) is 53.4 cm³/mol. The number of nitrogens with two attached hydrogens (primary N) is 1. The summed E-state index contributed by atoms with van der Waals surface area (Å²) in [6.07, 6.45) is 0.406. The first kappa shape index (κ1) is 10.2. The van der Waals surface area contributed by atoms with Crippen LogP contribution in [0.1, 0.15) is 29.2 Å². The standard InChI is InChI=1S/C11H16FN/c1-8-5-9(2)7-10(6-8)11(13)3-4-12/h5-7,11H,3-4,13H2,1-2H3/t11-/m0/s1. The largest absolute Gasteiger partial charge is 0.324 e.